The van der Waals surface area contributed by atoms with Gasteiger partial charge in [-0.15, -0.1) is 0 Å². The second kappa shape index (κ2) is 10.1. The third kappa shape index (κ3) is 3.97. The molecule has 0 N–H and O–H groups in total. The van der Waals surface area contributed by atoms with Crippen molar-refractivity contribution < 1.29 is 4.42 Å². The largest absolute Gasteiger partial charge is 0.456 e. The molecule has 2 aliphatic rings. The van der Waals surface area contributed by atoms with Gasteiger partial charge in [0, 0.05) is 27.7 Å². The molecular weight excluding hydrogens is 572 g/mol. The van der Waals surface area contributed by atoms with E-state index in [1.165, 1.54) is 44.5 Å². The van der Waals surface area contributed by atoms with E-state index in [4.69, 9.17) is 4.42 Å². The molecule has 7 aromatic rings. The molecule has 0 spiro atoms. The average Bonchev–Trinajstić information content (AvgIpc) is 3.53. The van der Waals surface area contributed by atoms with Crippen LogP contribution in [0.4, 0.5) is 0 Å². The van der Waals surface area contributed by atoms with Gasteiger partial charge in [0.15, 0.2) is 0 Å². The van der Waals surface area contributed by atoms with E-state index in [1.54, 1.807) is 0 Å². The highest BCUT2D eigenvalue weighted by Crippen LogP contribution is 2.53. The Bertz CT molecular complexity index is 2530. The lowest BCUT2D eigenvalue weighted by molar-refractivity contribution is 0.620. The summed E-state index contributed by atoms with van der Waals surface area (Å²) >= 11 is 0. The molecule has 0 fully saturated rings. The van der Waals surface area contributed by atoms with Crippen LogP contribution in [-0.2, 0) is 11.8 Å². The van der Waals surface area contributed by atoms with E-state index in [2.05, 4.69) is 117 Å². The molecule has 0 saturated carbocycles. The summed E-state index contributed by atoms with van der Waals surface area (Å²) in [5.41, 5.74) is 16.2. The van der Waals surface area contributed by atoms with E-state index in [-0.39, 0.29) is 11.3 Å². The number of hydrogen-bond donors (Lipinski definition) is 0. The number of benzene rings is 6. The standard InChI is InChI=1S/C44H30N2O/c1-44(2)40-10-6-5-9-34(40)35-18-19-36-39-23-29(14-20-41(39)47-43(36)42(35)44)37-21-26(24-45)11-15-32(37)31-17-13-28-7-3-4-8-30(28)38-22-27(25-46)12-16-33(31)38/h3-12,14-16,18-23,31H,13,17H2,1-2H3. The Morgan fingerprint density at radius 3 is 2.13 bits per heavy atom. The van der Waals surface area contributed by atoms with Crippen molar-refractivity contribution in [3.8, 4) is 45.5 Å². The maximum absolute atomic E-state index is 9.99. The zero-order valence-electron chi connectivity index (χ0n) is 26.3. The van der Waals surface area contributed by atoms with Gasteiger partial charge in [0.1, 0.15) is 11.2 Å². The van der Waals surface area contributed by atoms with Gasteiger partial charge in [0.2, 0.25) is 0 Å². The minimum Gasteiger partial charge on any atom is -0.456 e. The summed E-state index contributed by atoms with van der Waals surface area (Å²) in [6.07, 6.45) is 1.85. The van der Waals surface area contributed by atoms with Gasteiger partial charge in [-0.2, -0.15) is 10.5 Å². The van der Waals surface area contributed by atoms with Crippen molar-refractivity contribution >= 4 is 21.9 Å². The molecule has 0 amide bonds. The molecule has 1 heterocycles. The van der Waals surface area contributed by atoms with Gasteiger partial charge in [-0.05, 0) is 111 Å². The lowest BCUT2D eigenvalue weighted by Crippen LogP contribution is -2.15. The van der Waals surface area contributed by atoms with E-state index < -0.39 is 0 Å². The molecule has 3 nitrogen and oxygen atoms in total. The van der Waals surface area contributed by atoms with Crippen molar-refractivity contribution in [3.63, 3.8) is 0 Å². The minimum absolute atomic E-state index is 0.0900. The summed E-state index contributed by atoms with van der Waals surface area (Å²) < 4.78 is 6.69. The van der Waals surface area contributed by atoms with Crippen LogP contribution in [0.5, 0.6) is 0 Å². The molecule has 1 aromatic heterocycles. The fourth-order valence-electron chi connectivity index (χ4n) is 8.37. The number of fused-ring (bicyclic) bond motifs is 10. The molecule has 0 aliphatic heterocycles. The average molecular weight is 603 g/mol. The van der Waals surface area contributed by atoms with Crippen LogP contribution in [-0.4, -0.2) is 0 Å². The van der Waals surface area contributed by atoms with Gasteiger partial charge in [-0.1, -0.05) is 86.6 Å². The molecule has 1 atom stereocenters. The van der Waals surface area contributed by atoms with Crippen molar-refractivity contribution in [1.82, 2.24) is 0 Å². The molecule has 47 heavy (non-hydrogen) atoms. The van der Waals surface area contributed by atoms with Crippen LogP contribution < -0.4 is 0 Å². The Balaban J connectivity index is 1.24. The molecule has 3 heteroatoms. The van der Waals surface area contributed by atoms with Crippen molar-refractivity contribution in [2.45, 2.75) is 38.0 Å². The fourth-order valence-corrected chi connectivity index (χ4v) is 8.37. The Morgan fingerprint density at radius 1 is 0.638 bits per heavy atom. The quantitative estimate of drug-likeness (QED) is 0.198. The van der Waals surface area contributed by atoms with E-state index in [1.807, 2.05) is 24.3 Å². The highest BCUT2D eigenvalue weighted by Gasteiger charge is 2.38. The maximum Gasteiger partial charge on any atom is 0.140 e. The smallest absolute Gasteiger partial charge is 0.140 e. The fraction of sp³-hybridized carbons (Fsp3) is 0.136. The SMILES string of the molecule is CC1(C)c2ccccc2-c2ccc3c(oc4ccc(-c5cc(C#N)ccc5C5CCc6ccccc6-c6cc(C#N)ccc65)cc43)c21. The van der Waals surface area contributed by atoms with Gasteiger partial charge in [0.25, 0.3) is 0 Å². The number of aryl methyl sites for hydroxylation is 1. The van der Waals surface area contributed by atoms with Crippen LogP contribution in [0.1, 0.15) is 65.1 Å². The predicted molar refractivity (Wildman–Crippen MR) is 188 cm³/mol. The summed E-state index contributed by atoms with van der Waals surface area (Å²) in [6, 6.07) is 45.1. The second-order valence-corrected chi connectivity index (χ2v) is 13.4. The van der Waals surface area contributed by atoms with Crippen LogP contribution in [0.15, 0.2) is 120 Å². The molecule has 2 aliphatic carbocycles. The Labute approximate surface area is 274 Å². The van der Waals surface area contributed by atoms with E-state index >= 15 is 0 Å². The Kier molecular flexibility index (Phi) is 5.86. The van der Waals surface area contributed by atoms with Crippen LogP contribution in [0, 0.1) is 22.7 Å². The summed E-state index contributed by atoms with van der Waals surface area (Å²) in [4.78, 5) is 0. The van der Waals surface area contributed by atoms with Gasteiger partial charge < -0.3 is 4.42 Å². The van der Waals surface area contributed by atoms with Gasteiger partial charge >= 0.3 is 0 Å². The van der Waals surface area contributed by atoms with Crippen LogP contribution in [0.25, 0.3) is 55.3 Å². The highest BCUT2D eigenvalue weighted by molar-refractivity contribution is 6.10. The van der Waals surface area contributed by atoms with E-state index in [0.717, 1.165) is 51.5 Å². The van der Waals surface area contributed by atoms with Crippen molar-refractivity contribution in [2.24, 2.45) is 0 Å². The first-order valence-electron chi connectivity index (χ1n) is 16.2. The number of rotatable bonds is 2. The van der Waals surface area contributed by atoms with Gasteiger partial charge in [-0.3, -0.25) is 0 Å². The molecule has 222 valence electrons. The Morgan fingerprint density at radius 2 is 1.34 bits per heavy atom. The van der Waals surface area contributed by atoms with Crippen LogP contribution in [0.3, 0.4) is 0 Å². The molecule has 0 radical (unpaired) electrons. The molecule has 0 bridgehead atoms. The van der Waals surface area contributed by atoms with Crippen molar-refractivity contribution in [3.05, 3.63) is 154 Å². The third-order valence-electron chi connectivity index (χ3n) is 10.6. The van der Waals surface area contributed by atoms with Gasteiger partial charge in [0.05, 0.1) is 23.3 Å². The van der Waals surface area contributed by atoms with E-state index in [0.29, 0.717) is 11.1 Å². The zero-order valence-corrected chi connectivity index (χ0v) is 26.3. The first kappa shape index (κ1) is 27.4. The van der Waals surface area contributed by atoms with Crippen LogP contribution >= 0.6 is 0 Å². The first-order valence-corrected chi connectivity index (χ1v) is 16.2. The van der Waals surface area contributed by atoms with Crippen molar-refractivity contribution in [2.75, 3.05) is 0 Å². The lowest BCUT2D eigenvalue weighted by Gasteiger charge is -2.22. The topological polar surface area (TPSA) is 60.7 Å². The summed E-state index contributed by atoms with van der Waals surface area (Å²) in [6.45, 7) is 4.58. The lowest BCUT2D eigenvalue weighted by atomic mass is 9.81. The predicted octanol–water partition coefficient (Wildman–Crippen LogP) is 11.0. The molecule has 0 saturated heterocycles. The number of hydrogen-bond acceptors (Lipinski definition) is 3. The zero-order chi connectivity index (χ0) is 31.9. The molecule has 6 aromatic carbocycles. The normalized spacial score (nSPS) is 15.6. The third-order valence-corrected chi connectivity index (χ3v) is 10.6. The summed E-state index contributed by atoms with van der Waals surface area (Å²) in [5, 5.41) is 21.9. The number of nitriles is 2. The molecule has 9 rings (SSSR count). The monoisotopic (exact) mass is 602 g/mol. The maximum atomic E-state index is 9.99. The first-order chi connectivity index (χ1) is 23.0. The molecule has 1 unspecified atom stereocenters. The molecular formula is C44H30N2O. The number of furan rings is 1. The van der Waals surface area contributed by atoms with Crippen LogP contribution in [0.2, 0.25) is 0 Å². The number of nitrogens with zero attached hydrogens (tertiary/aromatic N) is 2. The second-order valence-electron chi connectivity index (χ2n) is 13.4. The summed E-state index contributed by atoms with van der Waals surface area (Å²) in [5.74, 6) is 0.0900. The van der Waals surface area contributed by atoms with Crippen molar-refractivity contribution in [1.29, 1.82) is 10.5 Å². The Hall–Kier alpha value is -5.90. The van der Waals surface area contributed by atoms with E-state index in [9.17, 15) is 10.5 Å². The minimum atomic E-state index is -0.174. The summed E-state index contributed by atoms with van der Waals surface area (Å²) in [7, 11) is 0. The van der Waals surface area contributed by atoms with Gasteiger partial charge in [-0.25, -0.2) is 0 Å². The highest BCUT2D eigenvalue weighted by atomic mass is 16.3.